The second-order valence-electron chi connectivity index (χ2n) is 24.4. The van der Waals surface area contributed by atoms with Crippen molar-refractivity contribution in [1.29, 1.82) is 0 Å². The van der Waals surface area contributed by atoms with Crippen LogP contribution >= 0.6 is 0 Å². The van der Waals surface area contributed by atoms with E-state index in [1.165, 1.54) is 153 Å². The smallest absolute Gasteiger partial charge is 0.0152 e. The molecule has 0 unspecified atom stereocenters. The molecular formula is C132H208. The SMILES string of the molecule is CC.CC.CC.CC.CC.CC.CC.CC.CC.CC.CC.CC.CC.CC.CC.CC.CC.CC.CC.CC.Cc1cc(C)c2ccccc2c1.Cc1ccc(C)c2ccccc12.Cc1ccc2cc(C)ccc2c1.Cc1ccc2ccccc2c1.Cc1ccc2ccccc2c1.Cc1cccc2c(C)cccc12.Cc1cccc2ccccc12.Cc1cccc2ccccc12. The van der Waals surface area contributed by atoms with Gasteiger partial charge in [0, 0.05) is 0 Å². The molecule has 0 aliphatic carbocycles. The zero-order valence-electron chi connectivity index (χ0n) is 96.0. The fraction of sp³-hybridized carbons (Fsp3) is 0.394. The Labute approximate surface area is 822 Å². The Bertz CT molecular complexity index is 4740. The highest BCUT2D eigenvalue weighted by atomic mass is 14.1. The standard InChI is InChI=1S/4C12H12.4C11H10.20C2H6/c1-9-3-5-12-8-10(2)4-6-11(12)7-9;1-9-5-3-8-12-10(2)6-4-7-11(9)12;1-9-7-10(2)12-6-4-3-5-11(12)8-9;1-9-7-8-10(2)12-6-4-3-5-11(9)12;2*1-9-5-4-7-10-6-2-3-8-11(9)10;2*1-9-6-7-10-4-2-3-5-11(10)8-9;20*1-2/h4*3-8H,1-2H3;4*2-8H,1H3;20*1-2H3. The number of fused-ring (bicyclic) bond motifs is 8. The van der Waals surface area contributed by atoms with Gasteiger partial charge in [-0.1, -0.05) is 620 Å². The van der Waals surface area contributed by atoms with Crippen LogP contribution in [0.4, 0.5) is 0 Å². The molecule has 0 heterocycles. The summed E-state index contributed by atoms with van der Waals surface area (Å²) in [6.45, 7) is 106. The number of benzene rings is 16. The van der Waals surface area contributed by atoms with Gasteiger partial charge in [0.2, 0.25) is 0 Å². The molecule has 0 aromatic heterocycles. The van der Waals surface area contributed by atoms with E-state index in [-0.39, 0.29) is 0 Å². The van der Waals surface area contributed by atoms with Gasteiger partial charge in [0.25, 0.3) is 0 Å². The molecule has 736 valence electrons. The molecule has 16 aromatic rings. The van der Waals surface area contributed by atoms with Gasteiger partial charge in [0.15, 0.2) is 0 Å². The fourth-order valence-electron chi connectivity index (χ4n) is 11.8. The lowest BCUT2D eigenvalue weighted by Gasteiger charge is -2.03. The average Bonchev–Trinajstić information content (AvgIpc) is 0.822. The Morgan fingerprint density at radius 1 is 0.0909 bits per heavy atom. The molecule has 0 aliphatic heterocycles. The maximum atomic E-state index is 2.22. The van der Waals surface area contributed by atoms with E-state index in [2.05, 4.69) is 399 Å². The van der Waals surface area contributed by atoms with E-state index in [4.69, 9.17) is 0 Å². The summed E-state index contributed by atoms with van der Waals surface area (Å²) < 4.78 is 0. The van der Waals surface area contributed by atoms with Crippen molar-refractivity contribution in [2.45, 2.75) is 360 Å². The van der Waals surface area contributed by atoms with Crippen molar-refractivity contribution in [1.82, 2.24) is 0 Å². The normalized spacial score (nSPS) is 8.15. The fourth-order valence-corrected chi connectivity index (χ4v) is 11.8. The van der Waals surface area contributed by atoms with Crippen LogP contribution in [-0.2, 0) is 0 Å². The minimum Gasteiger partial charge on any atom is -0.0683 e. The lowest BCUT2D eigenvalue weighted by molar-refractivity contribution is 1.43. The van der Waals surface area contributed by atoms with Crippen LogP contribution in [-0.4, -0.2) is 0 Å². The first-order valence-corrected chi connectivity index (χ1v) is 52.2. The maximum absolute atomic E-state index is 2.22. The first kappa shape index (κ1) is 147. The van der Waals surface area contributed by atoms with Gasteiger partial charge in [-0.3, -0.25) is 0 Å². The second kappa shape index (κ2) is 109. The topological polar surface area (TPSA) is 0 Å². The zero-order chi connectivity index (χ0) is 105. The molecule has 0 heteroatoms. The predicted octanol–water partition coefficient (Wildman–Crippen LogP) is 46.9. The Kier molecular flexibility index (Phi) is 122. The molecule has 0 radical (unpaired) electrons. The molecule has 0 saturated heterocycles. The summed E-state index contributed by atoms with van der Waals surface area (Å²) in [7, 11) is 0. The van der Waals surface area contributed by atoms with Crippen molar-refractivity contribution in [2.24, 2.45) is 0 Å². The molecule has 16 rings (SSSR count). The van der Waals surface area contributed by atoms with Gasteiger partial charge in [-0.05, 0) is 208 Å². The van der Waals surface area contributed by atoms with Gasteiger partial charge in [-0.2, -0.15) is 0 Å². The Hall–Kier alpha value is -10.4. The van der Waals surface area contributed by atoms with Crippen LogP contribution in [0.3, 0.4) is 0 Å². The Morgan fingerprint density at radius 3 is 0.492 bits per heavy atom. The van der Waals surface area contributed by atoms with Crippen molar-refractivity contribution in [3.63, 3.8) is 0 Å². The Morgan fingerprint density at radius 2 is 0.242 bits per heavy atom. The van der Waals surface area contributed by atoms with Crippen LogP contribution in [0.1, 0.15) is 344 Å². The van der Waals surface area contributed by atoms with Crippen LogP contribution in [0, 0.1) is 83.1 Å². The Balaban J connectivity index is -0.000000118. The maximum Gasteiger partial charge on any atom is -0.0152 e. The third-order valence-corrected chi connectivity index (χ3v) is 16.9. The van der Waals surface area contributed by atoms with Gasteiger partial charge in [0.05, 0.1) is 0 Å². The highest BCUT2D eigenvalue weighted by molar-refractivity contribution is 5.91. The highest BCUT2D eigenvalue weighted by Gasteiger charge is 2.01. The van der Waals surface area contributed by atoms with E-state index in [1.807, 2.05) is 277 Å². The largest absolute Gasteiger partial charge is 0.0683 e. The van der Waals surface area contributed by atoms with Gasteiger partial charge in [0.1, 0.15) is 0 Å². The molecule has 0 nitrogen and oxygen atoms in total. The summed E-state index contributed by atoms with van der Waals surface area (Å²) in [5.41, 5.74) is 16.1. The molecule has 0 spiro atoms. The molecule has 0 N–H and O–H groups in total. The van der Waals surface area contributed by atoms with Crippen LogP contribution in [0.5, 0.6) is 0 Å². The third kappa shape index (κ3) is 62.1. The summed E-state index contributed by atoms with van der Waals surface area (Å²) in [5, 5.41) is 21.5. The van der Waals surface area contributed by atoms with Crippen molar-refractivity contribution >= 4 is 86.2 Å². The first-order chi connectivity index (χ1) is 64.6. The van der Waals surface area contributed by atoms with Crippen LogP contribution in [0.15, 0.2) is 315 Å². The molecule has 0 bridgehead atoms. The number of rotatable bonds is 0. The van der Waals surface area contributed by atoms with Crippen molar-refractivity contribution in [2.75, 3.05) is 0 Å². The zero-order valence-corrected chi connectivity index (χ0v) is 96.0. The molecule has 0 atom stereocenters. The average molecular weight is 1800 g/mol. The minimum atomic E-state index is 1.32. The van der Waals surface area contributed by atoms with E-state index >= 15 is 0 Å². The molecule has 132 heavy (non-hydrogen) atoms. The number of hydrogen-bond acceptors (Lipinski definition) is 0. The summed E-state index contributed by atoms with van der Waals surface area (Å²) in [6.07, 6.45) is 0. The van der Waals surface area contributed by atoms with Crippen molar-refractivity contribution < 1.29 is 0 Å². The van der Waals surface area contributed by atoms with E-state index in [1.54, 1.807) is 0 Å². The third-order valence-electron chi connectivity index (χ3n) is 16.9. The van der Waals surface area contributed by atoms with Crippen molar-refractivity contribution in [3.8, 4) is 0 Å². The number of hydrogen-bond donors (Lipinski definition) is 0. The van der Waals surface area contributed by atoms with Crippen LogP contribution in [0.2, 0.25) is 0 Å². The molecule has 0 amide bonds. The van der Waals surface area contributed by atoms with Gasteiger partial charge in [-0.25, -0.2) is 0 Å². The van der Waals surface area contributed by atoms with E-state index in [9.17, 15) is 0 Å². The molecule has 0 aliphatic rings. The van der Waals surface area contributed by atoms with Gasteiger partial charge in [-0.15, -0.1) is 0 Å². The second-order valence-corrected chi connectivity index (χ2v) is 24.4. The quantitative estimate of drug-likeness (QED) is 0.142. The first-order valence-electron chi connectivity index (χ1n) is 52.2. The van der Waals surface area contributed by atoms with Gasteiger partial charge >= 0.3 is 0 Å². The van der Waals surface area contributed by atoms with E-state index in [0.717, 1.165) is 0 Å². The molecule has 16 aromatic carbocycles. The van der Waals surface area contributed by atoms with E-state index in [0.29, 0.717) is 0 Å². The molecule has 0 fully saturated rings. The van der Waals surface area contributed by atoms with E-state index < -0.39 is 0 Å². The monoisotopic (exact) mass is 1790 g/mol. The van der Waals surface area contributed by atoms with Crippen LogP contribution < -0.4 is 0 Å². The lowest BCUT2D eigenvalue weighted by atomic mass is 10.0. The van der Waals surface area contributed by atoms with Crippen molar-refractivity contribution in [3.05, 3.63) is 382 Å². The number of aryl methyl sites for hydroxylation is 12. The predicted molar refractivity (Wildman–Crippen MR) is 635 cm³/mol. The van der Waals surface area contributed by atoms with Gasteiger partial charge < -0.3 is 0 Å². The summed E-state index contributed by atoms with van der Waals surface area (Å²) in [5.74, 6) is 0. The highest BCUT2D eigenvalue weighted by Crippen LogP contribution is 2.25. The molecule has 0 saturated carbocycles. The molecular weight excluding hydrogens is 1590 g/mol. The minimum absolute atomic E-state index is 1.32. The van der Waals surface area contributed by atoms with Crippen LogP contribution in [0.25, 0.3) is 86.2 Å². The summed E-state index contributed by atoms with van der Waals surface area (Å²) >= 11 is 0. The summed E-state index contributed by atoms with van der Waals surface area (Å²) in [6, 6.07) is 111. The summed E-state index contributed by atoms with van der Waals surface area (Å²) in [4.78, 5) is 0. The lowest BCUT2D eigenvalue weighted by Crippen LogP contribution is -1.80.